The van der Waals surface area contributed by atoms with Crippen molar-refractivity contribution in [3.05, 3.63) is 34.8 Å². The van der Waals surface area contributed by atoms with Crippen LogP contribution in [-0.4, -0.2) is 22.7 Å². The number of aromatic nitrogens is 2. The van der Waals surface area contributed by atoms with Gasteiger partial charge in [-0.15, -0.1) is 10.2 Å². The molecule has 0 radical (unpaired) electrons. The molecule has 0 aliphatic carbocycles. The molecule has 2 rings (SSSR count). The molecular weight excluding hydrogens is 300 g/mol. The van der Waals surface area contributed by atoms with Gasteiger partial charge >= 0.3 is 6.61 Å². The van der Waals surface area contributed by atoms with E-state index in [1.54, 1.807) is 0 Å². The molecule has 0 spiro atoms. The Labute approximate surface area is 124 Å². The van der Waals surface area contributed by atoms with Crippen molar-refractivity contribution in [1.29, 1.82) is 0 Å². The third-order valence-corrected chi connectivity index (χ3v) is 3.64. The van der Waals surface area contributed by atoms with Gasteiger partial charge in [-0.2, -0.15) is 8.78 Å². The molecule has 21 heavy (non-hydrogen) atoms. The van der Waals surface area contributed by atoms with Gasteiger partial charge < -0.3 is 4.74 Å². The van der Waals surface area contributed by atoms with Crippen molar-refractivity contribution in [2.24, 2.45) is 0 Å². The first-order valence-electron chi connectivity index (χ1n) is 6.15. The molecule has 8 heteroatoms. The van der Waals surface area contributed by atoms with E-state index < -0.39 is 6.61 Å². The Morgan fingerprint density at radius 1 is 1.24 bits per heavy atom. The van der Waals surface area contributed by atoms with E-state index in [0.717, 1.165) is 5.01 Å². The van der Waals surface area contributed by atoms with Gasteiger partial charge in [0, 0.05) is 11.5 Å². The second-order valence-electron chi connectivity index (χ2n) is 4.46. The Hall–Kier alpha value is -2.09. The number of carbonyl (C=O) groups is 1. The van der Waals surface area contributed by atoms with E-state index in [9.17, 15) is 13.6 Å². The Bertz CT molecular complexity index is 614. The van der Waals surface area contributed by atoms with Crippen molar-refractivity contribution in [3.63, 3.8) is 0 Å². The number of hydrogen-bond acceptors (Lipinski definition) is 5. The molecule has 0 atom stereocenters. The molecule has 0 unspecified atom stereocenters. The van der Waals surface area contributed by atoms with E-state index in [4.69, 9.17) is 0 Å². The number of nitrogens with zero attached hydrogens (tertiary/aromatic N) is 2. The van der Waals surface area contributed by atoms with Gasteiger partial charge in [-0.3, -0.25) is 10.1 Å². The first-order chi connectivity index (χ1) is 9.95. The number of benzene rings is 1. The van der Waals surface area contributed by atoms with E-state index >= 15 is 0 Å². The zero-order valence-electron chi connectivity index (χ0n) is 11.3. The number of carbonyl (C=O) groups excluding carboxylic acids is 1. The summed E-state index contributed by atoms with van der Waals surface area (Å²) in [6.07, 6.45) is 0. The van der Waals surface area contributed by atoms with Crippen LogP contribution in [0.2, 0.25) is 0 Å². The minimum atomic E-state index is -2.89. The van der Waals surface area contributed by atoms with Gasteiger partial charge in [0.25, 0.3) is 5.91 Å². The molecule has 5 nitrogen and oxygen atoms in total. The summed E-state index contributed by atoms with van der Waals surface area (Å²) in [6.45, 7) is 1.07. The van der Waals surface area contributed by atoms with Crippen molar-refractivity contribution < 1.29 is 18.3 Å². The molecule has 0 bridgehead atoms. The van der Waals surface area contributed by atoms with Crippen LogP contribution in [0.3, 0.4) is 0 Å². The number of ether oxygens (including phenoxy) is 1. The number of nitrogens with one attached hydrogen (secondary N) is 1. The lowest BCUT2D eigenvalue weighted by atomic mass is 10.2. The molecule has 0 saturated carbocycles. The highest BCUT2D eigenvalue weighted by atomic mass is 32.1. The molecule has 2 aromatic rings. The Balaban J connectivity index is 2.02. The highest BCUT2D eigenvalue weighted by Crippen LogP contribution is 2.23. The average molecular weight is 313 g/mol. The van der Waals surface area contributed by atoms with Crippen LogP contribution >= 0.6 is 11.3 Å². The summed E-state index contributed by atoms with van der Waals surface area (Å²) in [6, 6.07) is 5.41. The summed E-state index contributed by atoms with van der Waals surface area (Å²) in [5, 5.41) is 11.7. The molecule has 1 aromatic heterocycles. The standard InChI is InChI=1S/C13H13F2N3O2S/c1-7(2)11-17-18-13(21-11)16-10(19)8-3-5-9(6-4-8)20-12(14)15/h3-7,12H,1-2H3,(H,16,18,19). The van der Waals surface area contributed by atoms with Crippen LogP contribution in [-0.2, 0) is 0 Å². The summed E-state index contributed by atoms with van der Waals surface area (Å²) in [7, 11) is 0. The maximum absolute atomic E-state index is 12.0. The second kappa shape index (κ2) is 6.57. The van der Waals surface area contributed by atoms with Gasteiger partial charge in [-0.25, -0.2) is 0 Å². The summed E-state index contributed by atoms with van der Waals surface area (Å²) >= 11 is 1.30. The molecule has 1 heterocycles. The van der Waals surface area contributed by atoms with E-state index in [2.05, 4.69) is 20.3 Å². The van der Waals surface area contributed by atoms with Crippen LogP contribution in [0.15, 0.2) is 24.3 Å². The zero-order chi connectivity index (χ0) is 15.4. The number of hydrogen-bond donors (Lipinski definition) is 1. The number of alkyl halides is 2. The lowest BCUT2D eigenvalue weighted by Gasteiger charge is -2.05. The average Bonchev–Trinajstić information content (AvgIpc) is 2.87. The van der Waals surface area contributed by atoms with Crippen molar-refractivity contribution in [2.45, 2.75) is 26.4 Å². The predicted molar refractivity (Wildman–Crippen MR) is 75.0 cm³/mol. The normalized spacial score (nSPS) is 11.0. The Morgan fingerprint density at radius 3 is 2.43 bits per heavy atom. The topological polar surface area (TPSA) is 64.1 Å². The van der Waals surface area contributed by atoms with Crippen molar-refractivity contribution in [3.8, 4) is 5.75 Å². The lowest BCUT2D eigenvalue weighted by molar-refractivity contribution is -0.0498. The van der Waals surface area contributed by atoms with Crippen molar-refractivity contribution in [2.75, 3.05) is 5.32 Å². The van der Waals surface area contributed by atoms with Crippen molar-refractivity contribution >= 4 is 22.4 Å². The number of halogens is 2. The van der Waals surface area contributed by atoms with Gasteiger partial charge in [0.1, 0.15) is 10.8 Å². The number of anilines is 1. The Morgan fingerprint density at radius 2 is 1.90 bits per heavy atom. The third-order valence-electron chi connectivity index (χ3n) is 2.50. The monoisotopic (exact) mass is 313 g/mol. The quantitative estimate of drug-likeness (QED) is 0.917. The molecule has 112 valence electrons. The van der Waals surface area contributed by atoms with E-state index in [1.807, 2.05) is 13.8 Å². The summed E-state index contributed by atoms with van der Waals surface area (Å²) in [4.78, 5) is 12.0. The largest absolute Gasteiger partial charge is 0.435 e. The van der Waals surface area contributed by atoms with Crippen molar-refractivity contribution in [1.82, 2.24) is 10.2 Å². The van der Waals surface area contributed by atoms with E-state index in [1.165, 1.54) is 35.6 Å². The number of amides is 1. The molecule has 1 amide bonds. The fourth-order valence-electron chi connectivity index (χ4n) is 1.48. The molecule has 1 aromatic carbocycles. The van der Waals surface area contributed by atoms with Crippen LogP contribution in [0.1, 0.15) is 35.1 Å². The predicted octanol–water partition coefficient (Wildman–Crippen LogP) is 3.52. The molecule has 0 saturated heterocycles. The minimum absolute atomic E-state index is 0.000408. The fourth-order valence-corrected chi connectivity index (χ4v) is 2.22. The van der Waals surface area contributed by atoms with E-state index in [-0.39, 0.29) is 17.6 Å². The van der Waals surface area contributed by atoms with Gasteiger partial charge in [-0.05, 0) is 24.3 Å². The second-order valence-corrected chi connectivity index (χ2v) is 5.47. The summed E-state index contributed by atoms with van der Waals surface area (Å²) in [5.74, 6) is -0.149. The van der Waals surface area contributed by atoms with Gasteiger partial charge in [0.2, 0.25) is 5.13 Å². The summed E-state index contributed by atoms with van der Waals surface area (Å²) < 4.78 is 28.3. The number of rotatable bonds is 5. The zero-order valence-corrected chi connectivity index (χ0v) is 12.2. The molecule has 1 N–H and O–H groups in total. The summed E-state index contributed by atoms with van der Waals surface area (Å²) in [5.41, 5.74) is 0.318. The van der Waals surface area contributed by atoms with Gasteiger partial charge in [0.05, 0.1) is 0 Å². The van der Waals surface area contributed by atoms with Gasteiger partial charge in [-0.1, -0.05) is 25.2 Å². The molecular formula is C13H13F2N3O2S. The smallest absolute Gasteiger partial charge is 0.387 e. The van der Waals surface area contributed by atoms with Crippen LogP contribution in [0, 0.1) is 0 Å². The minimum Gasteiger partial charge on any atom is -0.435 e. The molecule has 0 fully saturated rings. The molecule has 0 aliphatic heterocycles. The third kappa shape index (κ3) is 4.19. The molecule has 0 aliphatic rings. The van der Waals surface area contributed by atoms with Crippen LogP contribution in [0.4, 0.5) is 13.9 Å². The lowest BCUT2D eigenvalue weighted by Crippen LogP contribution is -2.11. The maximum atomic E-state index is 12.0. The Kier molecular flexibility index (Phi) is 4.79. The van der Waals surface area contributed by atoms with Crippen LogP contribution < -0.4 is 10.1 Å². The fraction of sp³-hybridized carbons (Fsp3) is 0.308. The SMILES string of the molecule is CC(C)c1nnc(NC(=O)c2ccc(OC(F)F)cc2)s1. The first-order valence-corrected chi connectivity index (χ1v) is 6.97. The highest BCUT2D eigenvalue weighted by molar-refractivity contribution is 7.15. The van der Waals surface area contributed by atoms with Gasteiger partial charge in [0.15, 0.2) is 0 Å². The van der Waals surface area contributed by atoms with E-state index in [0.29, 0.717) is 10.7 Å². The highest BCUT2D eigenvalue weighted by Gasteiger charge is 2.12. The van der Waals surface area contributed by atoms with Crippen LogP contribution in [0.5, 0.6) is 5.75 Å². The first kappa shape index (κ1) is 15.3. The maximum Gasteiger partial charge on any atom is 0.387 e. The van der Waals surface area contributed by atoms with Crippen LogP contribution in [0.25, 0.3) is 0 Å².